The first-order valence-corrected chi connectivity index (χ1v) is 11.0. The van der Waals surface area contributed by atoms with E-state index in [0.29, 0.717) is 47.7 Å². The summed E-state index contributed by atoms with van der Waals surface area (Å²) in [4.78, 5) is 18.2. The van der Waals surface area contributed by atoms with Crippen LogP contribution in [0, 0.1) is 29.6 Å². The van der Waals surface area contributed by atoms with Crippen LogP contribution in [-0.4, -0.2) is 72.2 Å². The number of hydrogen-bond donors (Lipinski definition) is 2. The highest BCUT2D eigenvalue weighted by molar-refractivity contribution is 5.82. The molecule has 5 rings (SSSR count). The minimum Gasteiger partial charge on any atom is -0.393 e. The Hall–Kier alpha value is -0.650. The first-order valence-electron chi connectivity index (χ1n) is 11.0. The number of nitrogens with zero attached hydrogens (tertiary/aromatic N) is 2. The summed E-state index contributed by atoms with van der Waals surface area (Å²) in [5.74, 6) is 2.66. The van der Waals surface area contributed by atoms with Crippen molar-refractivity contribution in [2.24, 2.45) is 29.6 Å². The molecule has 1 amide bonds. The van der Waals surface area contributed by atoms with E-state index in [2.05, 4.69) is 29.2 Å². The molecule has 9 atom stereocenters. The topological polar surface area (TPSA) is 55.8 Å². The Bertz CT molecular complexity index is 567. The van der Waals surface area contributed by atoms with Crippen LogP contribution in [0.2, 0.25) is 0 Å². The molecule has 9 unspecified atom stereocenters. The van der Waals surface area contributed by atoms with Gasteiger partial charge < -0.3 is 20.2 Å². The van der Waals surface area contributed by atoms with E-state index in [1.165, 1.54) is 25.7 Å². The van der Waals surface area contributed by atoms with Gasteiger partial charge in [0.25, 0.3) is 0 Å². The molecule has 2 N–H and O–H groups in total. The van der Waals surface area contributed by atoms with Crippen LogP contribution in [0.15, 0.2) is 0 Å². The first kappa shape index (κ1) is 17.4. The van der Waals surface area contributed by atoms with E-state index in [1.807, 2.05) is 0 Å². The molecule has 5 nitrogen and oxygen atoms in total. The summed E-state index contributed by atoms with van der Waals surface area (Å²) >= 11 is 0. The van der Waals surface area contributed by atoms with Crippen molar-refractivity contribution in [3.63, 3.8) is 0 Å². The third kappa shape index (κ3) is 2.43. The predicted molar refractivity (Wildman–Crippen MR) is 101 cm³/mol. The van der Waals surface area contributed by atoms with Gasteiger partial charge in [0, 0.05) is 30.5 Å². The Morgan fingerprint density at radius 1 is 1.12 bits per heavy atom. The predicted octanol–water partition coefficient (Wildman–Crippen LogP) is 1.31. The Balaban J connectivity index is 1.53. The molecule has 3 saturated heterocycles. The molecule has 0 aromatic rings. The van der Waals surface area contributed by atoms with Crippen LogP contribution in [0.5, 0.6) is 0 Å². The van der Waals surface area contributed by atoms with Crippen LogP contribution in [0.1, 0.15) is 44.9 Å². The molecule has 0 aromatic carbocycles. The van der Waals surface area contributed by atoms with Crippen molar-refractivity contribution in [2.75, 3.05) is 27.2 Å². The van der Waals surface area contributed by atoms with E-state index in [0.717, 1.165) is 32.4 Å². The maximum absolute atomic E-state index is 13.6. The van der Waals surface area contributed by atoms with E-state index in [4.69, 9.17) is 0 Å². The second-order valence-corrected chi connectivity index (χ2v) is 9.94. The van der Waals surface area contributed by atoms with E-state index in [9.17, 15) is 9.90 Å². The number of rotatable bonds is 2. The van der Waals surface area contributed by atoms with Gasteiger partial charge in [0.15, 0.2) is 0 Å². The van der Waals surface area contributed by atoms with Crippen molar-refractivity contribution >= 4 is 5.91 Å². The molecule has 26 heavy (non-hydrogen) atoms. The standard InChI is InChI=1S/C21H35N3O2/c1-23(2)11-15-17(25)8-7-16-18(15)14-9-10-22-19-12-5-3-4-6-13(12)21(26)24(16)20(14)19/h12-20,22,25H,3-11H2,1-2H3. The Morgan fingerprint density at radius 2 is 1.92 bits per heavy atom. The molecular weight excluding hydrogens is 326 g/mol. The molecule has 146 valence electrons. The normalized spacial score (nSPS) is 50.4. The van der Waals surface area contributed by atoms with Gasteiger partial charge in [-0.2, -0.15) is 0 Å². The second-order valence-electron chi connectivity index (χ2n) is 9.94. The fourth-order valence-corrected chi connectivity index (χ4v) is 7.68. The molecule has 2 saturated carbocycles. The average molecular weight is 362 g/mol. The summed E-state index contributed by atoms with van der Waals surface area (Å²) in [6.45, 7) is 2.03. The van der Waals surface area contributed by atoms with Gasteiger partial charge in [-0.3, -0.25) is 4.79 Å². The van der Waals surface area contributed by atoms with Crippen LogP contribution in [0.3, 0.4) is 0 Å². The van der Waals surface area contributed by atoms with Gasteiger partial charge in [0.05, 0.1) is 12.1 Å². The van der Waals surface area contributed by atoms with Crippen molar-refractivity contribution in [1.82, 2.24) is 15.1 Å². The molecule has 2 aliphatic carbocycles. The molecule has 5 aliphatic rings. The van der Waals surface area contributed by atoms with Crippen LogP contribution < -0.4 is 5.32 Å². The molecule has 5 fully saturated rings. The molecule has 0 spiro atoms. The van der Waals surface area contributed by atoms with Crippen LogP contribution in [-0.2, 0) is 4.79 Å². The highest BCUT2D eigenvalue weighted by Crippen LogP contribution is 2.55. The number of aliphatic hydroxyl groups excluding tert-OH is 1. The number of nitrogens with one attached hydrogen (secondary N) is 1. The quantitative estimate of drug-likeness (QED) is 0.779. The first-order chi connectivity index (χ1) is 12.6. The largest absolute Gasteiger partial charge is 0.393 e. The second kappa shape index (κ2) is 6.46. The third-order valence-corrected chi connectivity index (χ3v) is 8.46. The van der Waals surface area contributed by atoms with Crippen LogP contribution in [0.25, 0.3) is 0 Å². The fourth-order valence-electron chi connectivity index (χ4n) is 7.68. The molecule has 3 aliphatic heterocycles. The van der Waals surface area contributed by atoms with Gasteiger partial charge >= 0.3 is 0 Å². The smallest absolute Gasteiger partial charge is 0.226 e. The lowest BCUT2D eigenvalue weighted by Gasteiger charge is -2.52. The van der Waals surface area contributed by atoms with Gasteiger partial charge in [-0.05, 0) is 70.5 Å². The van der Waals surface area contributed by atoms with Crippen molar-refractivity contribution in [2.45, 2.75) is 69.2 Å². The van der Waals surface area contributed by atoms with Crippen molar-refractivity contribution in [3.8, 4) is 0 Å². The number of fused-ring (bicyclic) bond motifs is 5. The molecular formula is C21H35N3O2. The summed E-state index contributed by atoms with van der Waals surface area (Å²) in [5.41, 5.74) is 0. The fraction of sp³-hybridized carbons (Fsp3) is 0.952. The van der Waals surface area contributed by atoms with E-state index in [-0.39, 0.29) is 12.0 Å². The number of carbonyl (C=O) groups is 1. The number of aliphatic hydroxyl groups is 1. The van der Waals surface area contributed by atoms with Crippen molar-refractivity contribution in [3.05, 3.63) is 0 Å². The molecule has 3 heterocycles. The van der Waals surface area contributed by atoms with Crippen LogP contribution in [0.4, 0.5) is 0 Å². The van der Waals surface area contributed by atoms with Gasteiger partial charge in [-0.1, -0.05) is 12.8 Å². The SMILES string of the molecule is CN(C)CC1C(O)CCC2C1C1CCNC3C4CCCCC4C(=O)N2C13. The number of amides is 1. The van der Waals surface area contributed by atoms with Crippen molar-refractivity contribution in [1.29, 1.82) is 0 Å². The lowest BCUT2D eigenvalue weighted by molar-refractivity contribution is -0.152. The summed E-state index contributed by atoms with van der Waals surface area (Å²) in [5, 5.41) is 14.7. The number of piperidine rings is 2. The monoisotopic (exact) mass is 361 g/mol. The Labute approximate surface area is 157 Å². The molecule has 0 bridgehead atoms. The summed E-state index contributed by atoms with van der Waals surface area (Å²) in [6.07, 6.45) is 7.65. The zero-order valence-electron chi connectivity index (χ0n) is 16.3. The lowest BCUT2D eigenvalue weighted by atomic mass is 9.64. The minimum atomic E-state index is -0.203. The van der Waals surface area contributed by atoms with E-state index < -0.39 is 0 Å². The number of carbonyl (C=O) groups excluding carboxylic acids is 1. The Kier molecular flexibility index (Phi) is 4.33. The van der Waals surface area contributed by atoms with E-state index >= 15 is 0 Å². The zero-order chi connectivity index (χ0) is 18.0. The van der Waals surface area contributed by atoms with Gasteiger partial charge in [0.1, 0.15) is 0 Å². The molecule has 5 heteroatoms. The highest BCUT2D eigenvalue weighted by atomic mass is 16.3. The molecule has 0 aromatic heterocycles. The number of hydrogen-bond acceptors (Lipinski definition) is 4. The zero-order valence-corrected chi connectivity index (χ0v) is 16.3. The molecule has 0 radical (unpaired) electrons. The Morgan fingerprint density at radius 3 is 2.73 bits per heavy atom. The highest BCUT2D eigenvalue weighted by Gasteiger charge is 2.63. The summed E-state index contributed by atoms with van der Waals surface area (Å²) < 4.78 is 0. The van der Waals surface area contributed by atoms with Crippen LogP contribution >= 0.6 is 0 Å². The maximum atomic E-state index is 13.6. The average Bonchev–Trinajstić information content (AvgIpc) is 2.97. The minimum absolute atomic E-state index is 0.203. The van der Waals surface area contributed by atoms with Gasteiger partial charge in [-0.25, -0.2) is 0 Å². The third-order valence-electron chi connectivity index (χ3n) is 8.46. The van der Waals surface area contributed by atoms with E-state index in [1.54, 1.807) is 0 Å². The van der Waals surface area contributed by atoms with Crippen molar-refractivity contribution < 1.29 is 9.90 Å². The maximum Gasteiger partial charge on any atom is 0.226 e. The summed E-state index contributed by atoms with van der Waals surface area (Å²) in [6, 6.07) is 1.26. The van der Waals surface area contributed by atoms with Gasteiger partial charge in [0.2, 0.25) is 5.91 Å². The summed E-state index contributed by atoms with van der Waals surface area (Å²) in [7, 11) is 4.23. The van der Waals surface area contributed by atoms with Gasteiger partial charge in [-0.15, -0.1) is 0 Å². The lowest BCUT2D eigenvalue weighted by Crippen LogP contribution is -2.66.